The lowest BCUT2D eigenvalue weighted by Crippen LogP contribution is -2.32. The molecule has 0 unspecified atom stereocenters. The van der Waals surface area contributed by atoms with Gasteiger partial charge >= 0.3 is 0 Å². The average molecular weight is 431 g/mol. The van der Waals surface area contributed by atoms with E-state index in [1.807, 2.05) is 0 Å². The van der Waals surface area contributed by atoms with Crippen molar-refractivity contribution in [2.45, 2.75) is 45.4 Å². The number of nitrogens with zero attached hydrogens (tertiary/aromatic N) is 1. The van der Waals surface area contributed by atoms with Crippen LogP contribution in [0.2, 0.25) is 0 Å². The van der Waals surface area contributed by atoms with E-state index in [0.717, 1.165) is 11.5 Å². The Morgan fingerprint density at radius 3 is 2.36 bits per heavy atom. The third kappa shape index (κ3) is 2.52. The smallest absolute Gasteiger partial charge is 0.228 e. The molecule has 162 valence electrons. The molecule has 0 spiro atoms. The van der Waals surface area contributed by atoms with E-state index in [-0.39, 0.29) is 0 Å². The lowest BCUT2D eigenvalue weighted by Gasteiger charge is -2.25. The van der Waals surface area contributed by atoms with Crippen molar-refractivity contribution in [1.29, 1.82) is 0 Å². The van der Waals surface area contributed by atoms with Gasteiger partial charge in [0.05, 0.1) is 10.9 Å². The number of aryl methyl sites for hydroxylation is 3. The van der Waals surface area contributed by atoms with Gasteiger partial charge in [-0.3, -0.25) is 0 Å². The summed E-state index contributed by atoms with van der Waals surface area (Å²) in [5.41, 5.74) is 6.55. The highest BCUT2D eigenvalue weighted by atomic mass is 16.5. The van der Waals surface area contributed by atoms with Gasteiger partial charge in [-0.1, -0.05) is 55.3 Å². The molecule has 7 rings (SSSR count). The molecule has 5 aromatic rings. The van der Waals surface area contributed by atoms with Crippen molar-refractivity contribution in [3.05, 3.63) is 77.5 Å². The van der Waals surface area contributed by atoms with E-state index >= 15 is 0 Å². The second kappa shape index (κ2) is 6.81. The number of ether oxygens (including phenoxy) is 1. The Balaban J connectivity index is 1.65. The van der Waals surface area contributed by atoms with Gasteiger partial charge in [0.1, 0.15) is 18.5 Å². The van der Waals surface area contributed by atoms with Crippen molar-refractivity contribution < 1.29 is 9.30 Å². The van der Waals surface area contributed by atoms with Crippen LogP contribution in [0.25, 0.3) is 43.6 Å². The molecule has 1 aromatic heterocycles. The van der Waals surface area contributed by atoms with Crippen molar-refractivity contribution in [1.82, 2.24) is 0 Å². The van der Waals surface area contributed by atoms with Gasteiger partial charge in [-0.2, -0.15) is 0 Å². The molecule has 1 fully saturated rings. The molecule has 2 nitrogen and oxygen atoms in total. The molecule has 4 aromatic carbocycles. The van der Waals surface area contributed by atoms with Crippen LogP contribution in [0.1, 0.15) is 48.3 Å². The fourth-order valence-electron chi connectivity index (χ4n) is 6.57. The first-order valence-electron chi connectivity index (χ1n) is 12.2. The zero-order valence-electron chi connectivity index (χ0n) is 19.5. The highest BCUT2D eigenvalue weighted by molar-refractivity contribution is 6.17. The minimum Gasteiger partial charge on any atom is -0.455 e. The van der Waals surface area contributed by atoms with E-state index < -0.39 is 0 Å². The summed E-state index contributed by atoms with van der Waals surface area (Å²) in [6.45, 7) is 4.45. The monoisotopic (exact) mass is 430 g/mol. The summed E-state index contributed by atoms with van der Waals surface area (Å²) in [6, 6.07) is 20.2. The SMILES string of the molecule is Cc1c2c(c(C)c3ccccc13)-c1c3c(cc4cccc(C5CCCC5)c4c3cc[n+]1C)O2. The maximum atomic E-state index is 6.78. The van der Waals surface area contributed by atoms with Crippen LogP contribution in [0.4, 0.5) is 0 Å². The van der Waals surface area contributed by atoms with Gasteiger partial charge in [0.2, 0.25) is 5.69 Å². The highest BCUT2D eigenvalue weighted by Crippen LogP contribution is 2.52. The molecule has 0 radical (unpaired) electrons. The van der Waals surface area contributed by atoms with Crippen LogP contribution in [0.3, 0.4) is 0 Å². The number of benzene rings is 4. The molecule has 2 aliphatic rings. The number of hydrogen-bond donors (Lipinski definition) is 0. The van der Waals surface area contributed by atoms with Crippen molar-refractivity contribution in [3.8, 4) is 22.8 Å². The number of aromatic nitrogens is 1. The summed E-state index contributed by atoms with van der Waals surface area (Å²) in [5.74, 6) is 2.66. The Morgan fingerprint density at radius 1 is 0.818 bits per heavy atom. The Labute approximate surface area is 194 Å². The maximum Gasteiger partial charge on any atom is 0.228 e. The summed E-state index contributed by atoms with van der Waals surface area (Å²) in [7, 11) is 2.17. The van der Waals surface area contributed by atoms with Crippen molar-refractivity contribution in [2.75, 3.05) is 0 Å². The molecule has 0 amide bonds. The Morgan fingerprint density at radius 2 is 1.58 bits per heavy atom. The first-order chi connectivity index (χ1) is 16.1. The topological polar surface area (TPSA) is 13.1 Å². The summed E-state index contributed by atoms with van der Waals surface area (Å²) in [6.07, 6.45) is 7.54. The third-order valence-corrected chi connectivity index (χ3v) is 8.18. The van der Waals surface area contributed by atoms with Crippen LogP contribution in [0.15, 0.2) is 60.8 Å². The van der Waals surface area contributed by atoms with Gasteiger partial charge in [0.25, 0.3) is 0 Å². The van der Waals surface area contributed by atoms with Crippen molar-refractivity contribution in [3.63, 3.8) is 0 Å². The summed E-state index contributed by atoms with van der Waals surface area (Å²) >= 11 is 0. The Bertz CT molecular complexity index is 1620. The predicted molar refractivity (Wildman–Crippen MR) is 136 cm³/mol. The van der Waals surface area contributed by atoms with E-state index in [4.69, 9.17) is 4.74 Å². The minimum absolute atomic E-state index is 0.671. The summed E-state index contributed by atoms with van der Waals surface area (Å²) in [4.78, 5) is 0. The lowest BCUT2D eigenvalue weighted by atomic mass is 9.86. The largest absolute Gasteiger partial charge is 0.455 e. The molecule has 33 heavy (non-hydrogen) atoms. The van der Waals surface area contributed by atoms with Gasteiger partial charge in [-0.15, -0.1) is 0 Å². The zero-order valence-corrected chi connectivity index (χ0v) is 19.5. The van der Waals surface area contributed by atoms with E-state index in [0.29, 0.717) is 5.92 Å². The van der Waals surface area contributed by atoms with E-state index in [2.05, 4.69) is 86.3 Å². The van der Waals surface area contributed by atoms with Crippen LogP contribution in [-0.4, -0.2) is 0 Å². The van der Waals surface area contributed by atoms with Crippen LogP contribution >= 0.6 is 0 Å². The zero-order chi connectivity index (χ0) is 22.3. The van der Waals surface area contributed by atoms with Crippen LogP contribution in [0.5, 0.6) is 11.5 Å². The molecule has 1 aliphatic carbocycles. The van der Waals surface area contributed by atoms with E-state index in [1.165, 1.54) is 85.9 Å². The first kappa shape index (κ1) is 19.1. The molecule has 0 saturated heterocycles. The molecule has 0 N–H and O–H groups in total. The van der Waals surface area contributed by atoms with Crippen LogP contribution in [0, 0.1) is 13.8 Å². The molecule has 0 atom stereocenters. The third-order valence-electron chi connectivity index (χ3n) is 8.18. The van der Waals surface area contributed by atoms with E-state index in [1.54, 1.807) is 0 Å². The second-order valence-corrected chi connectivity index (χ2v) is 9.97. The summed E-state index contributed by atoms with van der Waals surface area (Å²) in [5, 5.41) is 7.88. The van der Waals surface area contributed by atoms with Gasteiger partial charge in [-0.05, 0) is 71.3 Å². The van der Waals surface area contributed by atoms with Gasteiger partial charge in [0, 0.05) is 17.0 Å². The van der Waals surface area contributed by atoms with Crippen molar-refractivity contribution >= 4 is 32.3 Å². The fraction of sp³-hybridized carbons (Fsp3) is 0.258. The standard InChI is InChI=1S/C31H28NO/c1-18-22-12-6-7-13-23(22)19(2)31-27(18)30-29-25(15-16-32(30)3)28-21(17-26(29)33-31)11-8-14-24(28)20-9-4-5-10-20/h6-8,11-17,20H,4-5,9-10H2,1-3H3/q+1. The molecule has 2 heterocycles. The normalized spacial score (nSPS) is 15.4. The van der Waals surface area contributed by atoms with Gasteiger partial charge in [0.15, 0.2) is 6.20 Å². The maximum absolute atomic E-state index is 6.78. The predicted octanol–water partition coefficient (Wildman–Crippen LogP) is 8.02. The molecule has 1 saturated carbocycles. The summed E-state index contributed by atoms with van der Waals surface area (Å²) < 4.78 is 9.07. The Hall–Kier alpha value is -3.39. The van der Waals surface area contributed by atoms with Crippen LogP contribution < -0.4 is 9.30 Å². The molecular weight excluding hydrogens is 402 g/mol. The molecule has 2 heteroatoms. The number of hydrogen-bond acceptors (Lipinski definition) is 1. The highest BCUT2D eigenvalue weighted by Gasteiger charge is 2.33. The quantitative estimate of drug-likeness (QED) is 0.190. The number of fused-ring (bicyclic) bond motifs is 5. The fourth-order valence-corrected chi connectivity index (χ4v) is 6.57. The van der Waals surface area contributed by atoms with E-state index in [9.17, 15) is 0 Å². The minimum atomic E-state index is 0.671. The average Bonchev–Trinajstić information content (AvgIpc) is 3.38. The molecular formula is C31H28NO+. The Kier molecular flexibility index (Phi) is 3.94. The molecule has 1 aliphatic heterocycles. The lowest BCUT2D eigenvalue weighted by molar-refractivity contribution is -0.659. The molecule has 0 bridgehead atoms. The van der Waals surface area contributed by atoms with Gasteiger partial charge < -0.3 is 4.74 Å². The van der Waals surface area contributed by atoms with Crippen molar-refractivity contribution in [2.24, 2.45) is 7.05 Å². The van der Waals surface area contributed by atoms with Gasteiger partial charge in [-0.25, -0.2) is 4.57 Å². The first-order valence-corrected chi connectivity index (χ1v) is 12.2. The number of pyridine rings is 1. The number of rotatable bonds is 1. The van der Waals surface area contributed by atoms with Crippen LogP contribution in [-0.2, 0) is 7.05 Å². The second-order valence-electron chi connectivity index (χ2n) is 9.97.